The highest BCUT2D eigenvalue weighted by Gasteiger charge is 2.36. The Morgan fingerprint density at radius 3 is 2.67 bits per heavy atom. The van der Waals surface area contributed by atoms with Gasteiger partial charge in [-0.25, -0.2) is 9.50 Å². The number of esters is 1. The molecule has 4 rings (SSSR count). The summed E-state index contributed by atoms with van der Waals surface area (Å²) < 4.78 is 8.52. The molecule has 2 aromatic heterocycles. The van der Waals surface area contributed by atoms with E-state index in [1.54, 1.807) is 6.33 Å². The average Bonchev–Trinajstić information content (AvgIpc) is 3.37. The van der Waals surface area contributed by atoms with Gasteiger partial charge in [0, 0.05) is 12.6 Å². The van der Waals surface area contributed by atoms with Gasteiger partial charge in [-0.05, 0) is 86.9 Å². The van der Waals surface area contributed by atoms with Crippen molar-refractivity contribution in [1.82, 2.24) is 14.6 Å². The van der Waals surface area contributed by atoms with Crippen LogP contribution in [0.3, 0.4) is 0 Å². The molecule has 146 valence electrons. The number of carbonyl (C=O) groups excluding carboxylic acids is 1. The molecule has 2 atom stereocenters. The second-order valence-electron chi connectivity index (χ2n) is 8.84. The van der Waals surface area contributed by atoms with Crippen LogP contribution >= 0.6 is 15.9 Å². The third-order valence-electron chi connectivity index (χ3n) is 5.43. The van der Waals surface area contributed by atoms with Crippen molar-refractivity contribution in [3.63, 3.8) is 0 Å². The lowest BCUT2D eigenvalue weighted by Gasteiger charge is -2.38. The molecule has 0 bridgehead atoms. The molecule has 3 heterocycles. The largest absolute Gasteiger partial charge is 0.460 e. The molecule has 2 aromatic rings. The van der Waals surface area contributed by atoms with E-state index in [2.05, 4.69) is 43.9 Å². The predicted molar refractivity (Wildman–Crippen MR) is 108 cm³/mol. The van der Waals surface area contributed by atoms with Crippen molar-refractivity contribution in [2.24, 2.45) is 5.92 Å². The minimum atomic E-state index is -0.437. The van der Waals surface area contributed by atoms with Crippen LogP contribution in [-0.2, 0) is 9.53 Å². The molecule has 0 unspecified atom stereocenters. The molecule has 0 aromatic carbocycles. The summed E-state index contributed by atoms with van der Waals surface area (Å²) in [5.74, 6) is 1.47. The van der Waals surface area contributed by atoms with E-state index in [1.807, 2.05) is 25.3 Å². The van der Waals surface area contributed by atoms with Crippen LogP contribution in [0, 0.1) is 5.92 Å². The summed E-state index contributed by atoms with van der Waals surface area (Å²) >= 11 is 3.64. The fourth-order valence-electron chi connectivity index (χ4n) is 4.02. The van der Waals surface area contributed by atoms with Gasteiger partial charge in [0.1, 0.15) is 22.0 Å². The fraction of sp³-hybridized carbons (Fsp3) is 0.650. The number of aromatic nitrogens is 3. The maximum absolute atomic E-state index is 12.5. The van der Waals surface area contributed by atoms with Crippen molar-refractivity contribution in [2.45, 2.75) is 70.9 Å². The zero-order valence-electron chi connectivity index (χ0n) is 16.4. The molecule has 6 nitrogen and oxygen atoms in total. The first-order valence-corrected chi connectivity index (χ1v) is 10.6. The molecule has 1 saturated heterocycles. The molecular formula is C20H27BrN4O2. The van der Waals surface area contributed by atoms with Crippen molar-refractivity contribution in [3.8, 4) is 0 Å². The van der Waals surface area contributed by atoms with Crippen LogP contribution in [0.5, 0.6) is 0 Å². The lowest BCUT2D eigenvalue weighted by atomic mass is 9.91. The number of nitrogens with zero attached hydrogens (tertiary/aromatic N) is 4. The molecule has 2 aliphatic rings. The Hall–Kier alpha value is -1.63. The number of halogens is 1. The molecule has 7 heteroatoms. The van der Waals surface area contributed by atoms with E-state index < -0.39 is 5.60 Å². The van der Waals surface area contributed by atoms with Gasteiger partial charge < -0.3 is 9.64 Å². The molecule has 0 N–H and O–H groups in total. The number of piperidine rings is 1. The second-order valence-corrected chi connectivity index (χ2v) is 9.65. The van der Waals surface area contributed by atoms with E-state index in [0.717, 1.165) is 35.3 Å². The van der Waals surface area contributed by atoms with Crippen molar-refractivity contribution >= 4 is 33.2 Å². The van der Waals surface area contributed by atoms with Crippen LogP contribution in [-0.4, -0.2) is 38.8 Å². The molecule has 1 saturated carbocycles. The van der Waals surface area contributed by atoms with Gasteiger partial charge in [0.2, 0.25) is 0 Å². The smallest absolute Gasteiger partial charge is 0.309 e. The minimum absolute atomic E-state index is 0.0465. The van der Waals surface area contributed by atoms with E-state index in [0.29, 0.717) is 5.92 Å². The summed E-state index contributed by atoms with van der Waals surface area (Å²) in [6.07, 6.45) is 5.66. The summed E-state index contributed by atoms with van der Waals surface area (Å²) in [5.41, 5.74) is 2.00. The first-order chi connectivity index (χ1) is 12.7. The van der Waals surface area contributed by atoms with Gasteiger partial charge >= 0.3 is 5.97 Å². The van der Waals surface area contributed by atoms with E-state index >= 15 is 0 Å². The summed E-state index contributed by atoms with van der Waals surface area (Å²) in [7, 11) is 0. The summed E-state index contributed by atoms with van der Waals surface area (Å²) in [6.45, 7) is 8.73. The quantitative estimate of drug-likeness (QED) is 0.673. The first kappa shape index (κ1) is 18.7. The van der Waals surface area contributed by atoms with E-state index in [9.17, 15) is 4.79 Å². The molecular weight excluding hydrogens is 408 g/mol. The van der Waals surface area contributed by atoms with Gasteiger partial charge in [0.15, 0.2) is 5.82 Å². The van der Waals surface area contributed by atoms with Crippen LogP contribution in [0.2, 0.25) is 0 Å². The Labute approximate surface area is 168 Å². The highest BCUT2D eigenvalue weighted by atomic mass is 79.9. The van der Waals surface area contributed by atoms with Crippen molar-refractivity contribution in [2.75, 3.05) is 11.4 Å². The fourth-order valence-corrected chi connectivity index (χ4v) is 4.53. The van der Waals surface area contributed by atoms with Crippen molar-refractivity contribution < 1.29 is 9.53 Å². The van der Waals surface area contributed by atoms with Crippen LogP contribution in [0.25, 0.3) is 5.52 Å². The van der Waals surface area contributed by atoms with Gasteiger partial charge in [-0.2, -0.15) is 5.10 Å². The number of hydrogen-bond donors (Lipinski definition) is 0. The van der Waals surface area contributed by atoms with E-state index in [4.69, 9.17) is 4.74 Å². The maximum Gasteiger partial charge on any atom is 0.309 e. The monoisotopic (exact) mass is 434 g/mol. The van der Waals surface area contributed by atoms with Crippen LogP contribution in [0.1, 0.15) is 64.9 Å². The molecule has 1 aliphatic carbocycles. The molecule has 27 heavy (non-hydrogen) atoms. The van der Waals surface area contributed by atoms with E-state index in [1.165, 1.54) is 18.4 Å². The molecule has 1 aliphatic heterocycles. The number of fused-ring (bicyclic) bond motifs is 1. The third-order valence-corrected chi connectivity index (χ3v) is 5.99. The highest BCUT2D eigenvalue weighted by molar-refractivity contribution is 9.10. The minimum Gasteiger partial charge on any atom is -0.460 e. The lowest BCUT2D eigenvalue weighted by molar-refractivity contribution is -0.161. The zero-order valence-corrected chi connectivity index (χ0v) is 18.0. The van der Waals surface area contributed by atoms with Crippen molar-refractivity contribution in [1.29, 1.82) is 0 Å². The number of rotatable bonds is 3. The lowest BCUT2D eigenvalue weighted by Crippen LogP contribution is -2.44. The Morgan fingerprint density at radius 1 is 1.30 bits per heavy atom. The summed E-state index contributed by atoms with van der Waals surface area (Å²) in [5, 5.41) is 4.43. The number of carbonyl (C=O) groups is 1. The molecule has 2 fully saturated rings. The molecule has 0 spiro atoms. The molecule has 0 radical (unpaired) electrons. The van der Waals surface area contributed by atoms with Crippen molar-refractivity contribution in [3.05, 3.63) is 22.6 Å². The topological polar surface area (TPSA) is 59.7 Å². The van der Waals surface area contributed by atoms with Gasteiger partial charge in [-0.15, -0.1) is 0 Å². The normalized spacial score (nSPS) is 23.7. The van der Waals surface area contributed by atoms with Crippen LogP contribution in [0.15, 0.2) is 17.0 Å². The number of ether oxygens (including phenoxy) is 1. The average molecular weight is 435 g/mol. The second kappa shape index (κ2) is 6.76. The standard InChI is InChI=1S/C20H27BrN4O2/c1-12-9-14(19(26)27-20(2,3)4)7-8-24(12)18-17-15(13-5-6-13)10-16(21)25(17)23-11-22-18/h10-14H,5-9H2,1-4H3/t12-,14-/m0/s1. The zero-order chi connectivity index (χ0) is 19.3. The summed E-state index contributed by atoms with van der Waals surface area (Å²) in [6, 6.07) is 2.40. The SMILES string of the molecule is C[C@H]1C[C@@H](C(=O)OC(C)(C)C)CCN1c1ncnn2c(Br)cc(C3CC3)c12. The Balaban J connectivity index is 1.59. The van der Waals surface area contributed by atoms with Gasteiger partial charge in [-0.3, -0.25) is 4.79 Å². The third kappa shape index (κ3) is 3.71. The predicted octanol–water partition coefficient (Wildman–Crippen LogP) is 4.32. The first-order valence-electron chi connectivity index (χ1n) is 9.76. The number of anilines is 1. The van der Waals surface area contributed by atoms with Crippen LogP contribution < -0.4 is 4.90 Å². The van der Waals surface area contributed by atoms with Gasteiger partial charge in [0.25, 0.3) is 0 Å². The maximum atomic E-state index is 12.5. The Kier molecular flexibility index (Phi) is 4.69. The number of hydrogen-bond acceptors (Lipinski definition) is 5. The van der Waals surface area contributed by atoms with Gasteiger partial charge in [-0.1, -0.05) is 0 Å². The Morgan fingerprint density at radius 2 is 2.04 bits per heavy atom. The molecule has 0 amide bonds. The van der Waals surface area contributed by atoms with Gasteiger partial charge in [0.05, 0.1) is 5.92 Å². The highest BCUT2D eigenvalue weighted by Crippen LogP contribution is 2.46. The summed E-state index contributed by atoms with van der Waals surface area (Å²) in [4.78, 5) is 19.5. The van der Waals surface area contributed by atoms with E-state index in [-0.39, 0.29) is 17.9 Å². The van der Waals surface area contributed by atoms with Crippen LogP contribution in [0.4, 0.5) is 5.82 Å². The Bertz CT molecular complexity index is 869.